The number of carbonyl (C=O) groups excluding carboxylic acids is 2. The van der Waals surface area contributed by atoms with E-state index in [0.29, 0.717) is 32.9 Å². The van der Waals surface area contributed by atoms with Gasteiger partial charge < -0.3 is 10.1 Å². The van der Waals surface area contributed by atoms with Crippen molar-refractivity contribution < 1.29 is 14.3 Å². The third-order valence-electron chi connectivity index (χ3n) is 5.61. The van der Waals surface area contributed by atoms with Crippen molar-refractivity contribution in [3.8, 4) is 11.1 Å². The number of anilines is 1. The lowest BCUT2D eigenvalue weighted by atomic mass is 10.0. The van der Waals surface area contributed by atoms with Crippen LogP contribution >= 0.6 is 22.9 Å². The van der Waals surface area contributed by atoms with Gasteiger partial charge in [0.25, 0.3) is 5.56 Å². The van der Waals surface area contributed by atoms with Gasteiger partial charge >= 0.3 is 5.97 Å². The number of thiophene rings is 1. The standard InChI is InChI=1S/C26H24ClN3O4S/c1-4-20(23(31)29-19-8-6-7-17(13-19)26(33)34-5-2)30-14-28-24-22(25(30)32)21(15(3)35-24)16-9-11-18(27)12-10-16/h6-14,20H,4-5H2,1-3H3,(H,29,31). The molecule has 0 spiro atoms. The Hall–Kier alpha value is -3.49. The fraction of sp³-hybridized carbons (Fsp3) is 0.231. The topological polar surface area (TPSA) is 90.3 Å². The summed E-state index contributed by atoms with van der Waals surface area (Å²) in [5.41, 5.74) is 2.15. The minimum Gasteiger partial charge on any atom is -0.462 e. The summed E-state index contributed by atoms with van der Waals surface area (Å²) in [6.07, 6.45) is 1.80. The summed E-state index contributed by atoms with van der Waals surface area (Å²) in [4.78, 5) is 45.0. The van der Waals surface area contributed by atoms with Gasteiger partial charge in [-0.2, -0.15) is 0 Å². The number of esters is 1. The third-order valence-corrected chi connectivity index (χ3v) is 6.88. The van der Waals surface area contributed by atoms with E-state index in [-0.39, 0.29) is 18.1 Å². The van der Waals surface area contributed by atoms with Crippen LogP contribution in [0.3, 0.4) is 0 Å². The number of fused-ring (bicyclic) bond motifs is 1. The fourth-order valence-corrected chi connectivity index (χ4v) is 5.10. The van der Waals surface area contributed by atoms with Gasteiger partial charge in [-0.15, -0.1) is 11.3 Å². The molecule has 2 aromatic carbocycles. The fourth-order valence-electron chi connectivity index (χ4n) is 3.97. The molecule has 1 atom stereocenters. The average molecular weight is 510 g/mol. The number of benzene rings is 2. The Kier molecular flexibility index (Phi) is 7.33. The zero-order chi connectivity index (χ0) is 25.1. The van der Waals surface area contributed by atoms with E-state index >= 15 is 0 Å². The second kappa shape index (κ2) is 10.4. The number of rotatable bonds is 7. The lowest BCUT2D eigenvalue weighted by Crippen LogP contribution is -2.33. The van der Waals surface area contributed by atoms with Crippen molar-refractivity contribution in [1.82, 2.24) is 9.55 Å². The molecule has 0 aliphatic heterocycles. The highest BCUT2D eigenvalue weighted by molar-refractivity contribution is 7.19. The van der Waals surface area contributed by atoms with Crippen molar-refractivity contribution in [2.45, 2.75) is 33.2 Å². The number of amides is 1. The molecule has 0 fully saturated rings. The van der Waals surface area contributed by atoms with Crippen molar-refractivity contribution in [2.24, 2.45) is 0 Å². The highest BCUT2D eigenvalue weighted by Gasteiger charge is 2.24. The average Bonchev–Trinajstić information content (AvgIpc) is 3.18. The van der Waals surface area contributed by atoms with E-state index < -0.39 is 12.0 Å². The highest BCUT2D eigenvalue weighted by atomic mass is 35.5. The number of nitrogens with one attached hydrogen (secondary N) is 1. The normalized spacial score (nSPS) is 11.9. The molecule has 0 saturated carbocycles. The molecule has 1 amide bonds. The molecular formula is C26H24ClN3O4S. The molecule has 0 radical (unpaired) electrons. The van der Waals surface area contributed by atoms with Gasteiger partial charge in [-0.05, 0) is 56.2 Å². The van der Waals surface area contributed by atoms with E-state index in [1.54, 1.807) is 43.3 Å². The first-order valence-electron chi connectivity index (χ1n) is 11.2. The number of aryl methyl sites for hydroxylation is 1. The first kappa shape index (κ1) is 24.6. The molecule has 4 rings (SSSR count). The van der Waals surface area contributed by atoms with Crippen LogP contribution in [0.4, 0.5) is 5.69 Å². The largest absolute Gasteiger partial charge is 0.462 e. The third kappa shape index (κ3) is 4.99. The highest BCUT2D eigenvalue weighted by Crippen LogP contribution is 2.36. The van der Waals surface area contributed by atoms with Crippen LogP contribution in [0.15, 0.2) is 59.7 Å². The number of halogens is 1. The van der Waals surface area contributed by atoms with E-state index in [9.17, 15) is 14.4 Å². The number of hydrogen-bond acceptors (Lipinski definition) is 6. The molecule has 35 heavy (non-hydrogen) atoms. The van der Waals surface area contributed by atoms with Crippen molar-refractivity contribution in [2.75, 3.05) is 11.9 Å². The van der Waals surface area contributed by atoms with Crippen molar-refractivity contribution >= 4 is 50.7 Å². The Morgan fingerprint density at radius 2 is 1.91 bits per heavy atom. The SMILES string of the molecule is CCOC(=O)c1cccc(NC(=O)C(CC)n2cnc3sc(C)c(-c4ccc(Cl)cc4)c3c2=O)c1. The molecule has 2 heterocycles. The van der Waals surface area contributed by atoms with Crippen LogP contribution in [-0.4, -0.2) is 28.0 Å². The van der Waals surface area contributed by atoms with Crippen LogP contribution < -0.4 is 10.9 Å². The van der Waals surface area contributed by atoms with E-state index in [1.807, 2.05) is 26.0 Å². The molecular weight excluding hydrogens is 486 g/mol. The summed E-state index contributed by atoms with van der Waals surface area (Å²) in [6, 6.07) is 13.0. The van der Waals surface area contributed by atoms with Gasteiger partial charge in [-0.3, -0.25) is 14.2 Å². The number of hydrogen-bond donors (Lipinski definition) is 1. The van der Waals surface area contributed by atoms with Gasteiger partial charge in [0.05, 0.1) is 23.9 Å². The van der Waals surface area contributed by atoms with Crippen LogP contribution in [0, 0.1) is 6.92 Å². The summed E-state index contributed by atoms with van der Waals surface area (Å²) in [5, 5.41) is 3.90. The van der Waals surface area contributed by atoms with Gasteiger partial charge in [0.1, 0.15) is 10.9 Å². The monoisotopic (exact) mass is 509 g/mol. The quantitative estimate of drug-likeness (QED) is 0.315. The summed E-state index contributed by atoms with van der Waals surface area (Å²) in [6.45, 7) is 5.76. The van der Waals surface area contributed by atoms with E-state index in [4.69, 9.17) is 16.3 Å². The minimum atomic E-state index is -0.788. The zero-order valence-corrected chi connectivity index (χ0v) is 21.1. The maximum Gasteiger partial charge on any atom is 0.338 e. The Morgan fingerprint density at radius 3 is 2.60 bits per heavy atom. The Labute approximate surface area is 211 Å². The lowest BCUT2D eigenvalue weighted by molar-refractivity contribution is -0.119. The van der Waals surface area contributed by atoms with Gasteiger partial charge in [0.15, 0.2) is 0 Å². The molecule has 4 aromatic rings. The molecule has 1 N–H and O–H groups in total. The van der Waals surface area contributed by atoms with Gasteiger partial charge in [0, 0.05) is 21.2 Å². The summed E-state index contributed by atoms with van der Waals surface area (Å²) in [5.74, 6) is -0.846. The van der Waals surface area contributed by atoms with Crippen LogP contribution in [0.2, 0.25) is 5.02 Å². The molecule has 0 saturated heterocycles. The van der Waals surface area contributed by atoms with Crippen LogP contribution in [0.5, 0.6) is 0 Å². The van der Waals surface area contributed by atoms with Crippen LogP contribution in [0.1, 0.15) is 41.5 Å². The molecule has 0 aliphatic rings. The smallest absolute Gasteiger partial charge is 0.338 e. The molecule has 0 aliphatic carbocycles. The van der Waals surface area contributed by atoms with Gasteiger partial charge in [-0.25, -0.2) is 9.78 Å². The Balaban J connectivity index is 1.70. The second-order valence-corrected chi connectivity index (χ2v) is 9.53. The van der Waals surface area contributed by atoms with E-state index in [1.165, 1.54) is 22.2 Å². The Morgan fingerprint density at radius 1 is 1.17 bits per heavy atom. The predicted molar refractivity (Wildman–Crippen MR) is 139 cm³/mol. The second-order valence-electron chi connectivity index (χ2n) is 7.89. The first-order chi connectivity index (χ1) is 16.8. The number of carbonyl (C=O) groups is 2. The van der Waals surface area contributed by atoms with Crippen LogP contribution in [-0.2, 0) is 9.53 Å². The minimum absolute atomic E-state index is 0.256. The lowest BCUT2D eigenvalue weighted by Gasteiger charge is -2.18. The van der Waals surface area contributed by atoms with Gasteiger partial charge in [0.2, 0.25) is 5.91 Å². The number of nitrogens with zero attached hydrogens (tertiary/aromatic N) is 2. The summed E-state index contributed by atoms with van der Waals surface area (Å²) in [7, 11) is 0. The zero-order valence-electron chi connectivity index (χ0n) is 19.5. The first-order valence-corrected chi connectivity index (χ1v) is 12.4. The number of ether oxygens (including phenoxy) is 1. The maximum absolute atomic E-state index is 13.6. The summed E-state index contributed by atoms with van der Waals surface area (Å²) >= 11 is 7.48. The predicted octanol–water partition coefficient (Wildman–Crippen LogP) is 5.85. The summed E-state index contributed by atoms with van der Waals surface area (Å²) < 4.78 is 6.40. The van der Waals surface area contributed by atoms with E-state index in [2.05, 4.69) is 10.3 Å². The van der Waals surface area contributed by atoms with E-state index in [0.717, 1.165) is 16.0 Å². The molecule has 0 bridgehead atoms. The van der Waals surface area contributed by atoms with Crippen molar-refractivity contribution in [3.63, 3.8) is 0 Å². The van der Waals surface area contributed by atoms with Crippen molar-refractivity contribution in [1.29, 1.82) is 0 Å². The Bertz CT molecular complexity index is 1460. The molecule has 7 nitrogen and oxygen atoms in total. The molecule has 9 heteroatoms. The maximum atomic E-state index is 13.6. The molecule has 2 aromatic heterocycles. The molecule has 1 unspecified atom stereocenters. The number of aromatic nitrogens is 2. The van der Waals surface area contributed by atoms with Crippen LogP contribution in [0.25, 0.3) is 21.3 Å². The van der Waals surface area contributed by atoms with Gasteiger partial charge in [-0.1, -0.05) is 36.7 Å². The molecule has 180 valence electrons. The van der Waals surface area contributed by atoms with Crippen molar-refractivity contribution in [3.05, 3.63) is 80.7 Å².